The van der Waals surface area contributed by atoms with E-state index in [2.05, 4.69) is 30.2 Å². The standard InChI is InChI=1S/C15H18N8/c1-10-13(19-20-15-17-11(2)21-23(10)15)12-6-7-16-14(18-12)22-8-4-3-5-9-22/h6-7H,3-5,8-9H2,1-2H3. The Bertz CT molecular complexity index is 850. The third-order valence-electron chi connectivity index (χ3n) is 4.12. The highest BCUT2D eigenvalue weighted by atomic mass is 15.4. The van der Waals surface area contributed by atoms with E-state index in [9.17, 15) is 0 Å². The van der Waals surface area contributed by atoms with Crippen LogP contribution in [0.15, 0.2) is 12.3 Å². The van der Waals surface area contributed by atoms with Crippen LogP contribution < -0.4 is 4.90 Å². The van der Waals surface area contributed by atoms with Crippen LogP contribution in [-0.4, -0.2) is 47.9 Å². The SMILES string of the molecule is Cc1nc2nnc(-c3ccnc(N4CCCCC4)n3)c(C)n2n1. The average Bonchev–Trinajstić information content (AvgIpc) is 2.98. The van der Waals surface area contributed by atoms with E-state index in [1.165, 1.54) is 19.3 Å². The molecule has 0 unspecified atom stereocenters. The summed E-state index contributed by atoms with van der Waals surface area (Å²) in [6.07, 6.45) is 5.44. The lowest BCUT2D eigenvalue weighted by atomic mass is 10.1. The molecule has 3 aromatic rings. The zero-order chi connectivity index (χ0) is 15.8. The van der Waals surface area contributed by atoms with E-state index < -0.39 is 0 Å². The van der Waals surface area contributed by atoms with Crippen molar-refractivity contribution in [2.75, 3.05) is 18.0 Å². The smallest absolute Gasteiger partial charge is 0.272 e. The normalized spacial score (nSPS) is 15.3. The molecule has 4 heterocycles. The number of piperidine rings is 1. The predicted octanol–water partition coefficient (Wildman–Crippen LogP) is 1.58. The number of hydrogen-bond donors (Lipinski definition) is 0. The Morgan fingerprint density at radius 3 is 2.65 bits per heavy atom. The second kappa shape index (κ2) is 5.53. The van der Waals surface area contributed by atoms with Gasteiger partial charge in [-0.3, -0.25) is 0 Å². The summed E-state index contributed by atoms with van der Waals surface area (Å²) in [5.74, 6) is 1.95. The van der Waals surface area contributed by atoms with Gasteiger partial charge in [-0.05, 0) is 39.2 Å². The molecule has 0 N–H and O–H groups in total. The second-order valence-electron chi connectivity index (χ2n) is 5.79. The number of anilines is 1. The molecule has 0 spiro atoms. The quantitative estimate of drug-likeness (QED) is 0.710. The fraction of sp³-hybridized carbons (Fsp3) is 0.467. The first-order valence-corrected chi connectivity index (χ1v) is 7.87. The van der Waals surface area contributed by atoms with Gasteiger partial charge in [-0.15, -0.1) is 15.3 Å². The van der Waals surface area contributed by atoms with Crippen molar-refractivity contribution in [3.8, 4) is 11.4 Å². The minimum Gasteiger partial charge on any atom is -0.341 e. The molecule has 8 nitrogen and oxygen atoms in total. The summed E-state index contributed by atoms with van der Waals surface area (Å²) in [6.45, 7) is 5.81. The number of fused-ring (bicyclic) bond motifs is 1. The number of aromatic nitrogens is 7. The molecular weight excluding hydrogens is 292 g/mol. The van der Waals surface area contributed by atoms with E-state index in [-0.39, 0.29) is 0 Å². The van der Waals surface area contributed by atoms with Gasteiger partial charge in [-0.2, -0.15) is 9.50 Å². The molecule has 0 amide bonds. The van der Waals surface area contributed by atoms with E-state index in [4.69, 9.17) is 4.98 Å². The van der Waals surface area contributed by atoms with E-state index in [0.717, 1.165) is 30.4 Å². The molecule has 3 aromatic heterocycles. The van der Waals surface area contributed by atoms with Crippen LogP contribution >= 0.6 is 0 Å². The van der Waals surface area contributed by atoms with Crippen molar-refractivity contribution in [3.05, 3.63) is 23.8 Å². The number of nitrogens with zero attached hydrogens (tertiary/aromatic N) is 8. The zero-order valence-corrected chi connectivity index (χ0v) is 13.3. The Morgan fingerprint density at radius 2 is 1.83 bits per heavy atom. The Kier molecular flexibility index (Phi) is 3.36. The lowest BCUT2D eigenvalue weighted by Crippen LogP contribution is -2.31. The fourth-order valence-corrected chi connectivity index (χ4v) is 2.92. The van der Waals surface area contributed by atoms with E-state index in [0.29, 0.717) is 17.3 Å². The van der Waals surface area contributed by atoms with Crippen molar-refractivity contribution in [2.45, 2.75) is 33.1 Å². The molecule has 1 saturated heterocycles. The van der Waals surface area contributed by atoms with Gasteiger partial charge in [0.2, 0.25) is 5.95 Å². The first-order chi connectivity index (χ1) is 11.2. The van der Waals surface area contributed by atoms with Crippen LogP contribution in [0.3, 0.4) is 0 Å². The summed E-state index contributed by atoms with van der Waals surface area (Å²) < 4.78 is 1.71. The van der Waals surface area contributed by atoms with Gasteiger partial charge in [0.15, 0.2) is 0 Å². The van der Waals surface area contributed by atoms with Crippen molar-refractivity contribution < 1.29 is 0 Å². The van der Waals surface area contributed by atoms with Gasteiger partial charge in [0, 0.05) is 19.3 Å². The van der Waals surface area contributed by atoms with Gasteiger partial charge in [0.25, 0.3) is 5.78 Å². The maximum Gasteiger partial charge on any atom is 0.272 e. The molecule has 0 aliphatic carbocycles. The van der Waals surface area contributed by atoms with Crippen molar-refractivity contribution >= 4 is 11.7 Å². The first kappa shape index (κ1) is 14.0. The second-order valence-corrected chi connectivity index (χ2v) is 5.79. The predicted molar refractivity (Wildman–Crippen MR) is 85.1 cm³/mol. The number of hydrogen-bond acceptors (Lipinski definition) is 7. The molecule has 0 saturated carbocycles. The molecule has 4 rings (SSSR count). The minimum atomic E-state index is 0.508. The molecule has 1 aliphatic rings. The van der Waals surface area contributed by atoms with Crippen LogP contribution in [0.4, 0.5) is 5.95 Å². The number of rotatable bonds is 2. The van der Waals surface area contributed by atoms with Crippen LogP contribution in [0, 0.1) is 13.8 Å². The summed E-state index contributed by atoms with van der Waals surface area (Å²) in [5.41, 5.74) is 2.35. The van der Waals surface area contributed by atoms with E-state index in [1.54, 1.807) is 10.7 Å². The zero-order valence-electron chi connectivity index (χ0n) is 13.3. The van der Waals surface area contributed by atoms with Gasteiger partial charge >= 0.3 is 0 Å². The lowest BCUT2D eigenvalue weighted by Gasteiger charge is -2.26. The average molecular weight is 310 g/mol. The Hall–Kier alpha value is -2.64. The van der Waals surface area contributed by atoms with Gasteiger partial charge in [-0.1, -0.05) is 0 Å². The topological polar surface area (TPSA) is 85.0 Å². The molecule has 0 radical (unpaired) electrons. The largest absolute Gasteiger partial charge is 0.341 e. The summed E-state index contributed by atoms with van der Waals surface area (Å²) in [6, 6.07) is 1.86. The molecule has 118 valence electrons. The van der Waals surface area contributed by atoms with Gasteiger partial charge in [0.1, 0.15) is 11.5 Å². The highest BCUT2D eigenvalue weighted by Crippen LogP contribution is 2.21. The van der Waals surface area contributed by atoms with Crippen LogP contribution in [0.2, 0.25) is 0 Å². The Balaban J connectivity index is 1.76. The lowest BCUT2D eigenvalue weighted by molar-refractivity contribution is 0.568. The van der Waals surface area contributed by atoms with Crippen LogP contribution in [0.5, 0.6) is 0 Å². The van der Waals surface area contributed by atoms with E-state index >= 15 is 0 Å². The Morgan fingerprint density at radius 1 is 1.00 bits per heavy atom. The summed E-state index contributed by atoms with van der Waals surface area (Å²) in [5, 5.41) is 12.8. The molecule has 0 atom stereocenters. The van der Waals surface area contributed by atoms with Gasteiger partial charge in [0.05, 0.1) is 11.4 Å². The van der Waals surface area contributed by atoms with E-state index in [1.807, 2.05) is 19.9 Å². The summed E-state index contributed by atoms with van der Waals surface area (Å²) in [7, 11) is 0. The fourth-order valence-electron chi connectivity index (χ4n) is 2.92. The maximum absolute atomic E-state index is 4.69. The maximum atomic E-state index is 4.69. The van der Waals surface area contributed by atoms with Crippen molar-refractivity contribution in [3.63, 3.8) is 0 Å². The van der Waals surface area contributed by atoms with Crippen LogP contribution in [-0.2, 0) is 0 Å². The summed E-state index contributed by atoms with van der Waals surface area (Å²) >= 11 is 0. The molecule has 0 aromatic carbocycles. The molecule has 1 fully saturated rings. The molecule has 8 heteroatoms. The monoisotopic (exact) mass is 310 g/mol. The van der Waals surface area contributed by atoms with Crippen LogP contribution in [0.25, 0.3) is 17.2 Å². The molecule has 23 heavy (non-hydrogen) atoms. The molecular formula is C15H18N8. The highest BCUT2D eigenvalue weighted by molar-refractivity contribution is 5.58. The van der Waals surface area contributed by atoms with Crippen molar-refractivity contribution in [1.29, 1.82) is 0 Å². The molecule has 0 bridgehead atoms. The first-order valence-electron chi connectivity index (χ1n) is 7.87. The minimum absolute atomic E-state index is 0.508. The van der Waals surface area contributed by atoms with Gasteiger partial charge in [-0.25, -0.2) is 9.97 Å². The van der Waals surface area contributed by atoms with Crippen molar-refractivity contribution in [2.24, 2.45) is 0 Å². The number of aryl methyl sites for hydroxylation is 2. The third-order valence-corrected chi connectivity index (χ3v) is 4.12. The summed E-state index contributed by atoms with van der Waals surface area (Å²) in [4.78, 5) is 15.6. The highest BCUT2D eigenvalue weighted by Gasteiger charge is 2.17. The molecule has 1 aliphatic heterocycles. The third kappa shape index (κ3) is 2.49. The van der Waals surface area contributed by atoms with Crippen LogP contribution in [0.1, 0.15) is 30.8 Å². The Labute approximate surface area is 133 Å². The van der Waals surface area contributed by atoms with Gasteiger partial charge < -0.3 is 4.90 Å². The van der Waals surface area contributed by atoms with Crippen molar-refractivity contribution in [1.82, 2.24) is 34.8 Å².